The molecule has 1 rings (SSSR count). The van der Waals surface area contributed by atoms with Crippen LogP contribution in [-0.2, 0) is 9.91 Å². The topological polar surface area (TPSA) is 171 Å². The first-order valence-electron chi connectivity index (χ1n) is 7.56. The Morgan fingerprint density at radius 1 is 0.808 bits per heavy atom. The molecule has 0 heterocycles. The molecule has 0 aliphatic rings. The van der Waals surface area contributed by atoms with Gasteiger partial charge in [0.2, 0.25) is 0 Å². The number of aliphatic hydroxyl groups excluding tert-OH is 3. The summed E-state index contributed by atoms with van der Waals surface area (Å²) in [4.78, 5) is 31.3. The first kappa shape index (κ1) is 25.7. The lowest BCUT2D eigenvalue weighted by atomic mass is 9.58. The van der Waals surface area contributed by atoms with Crippen molar-refractivity contribution in [2.75, 3.05) is 19.8 Å². The van der Waals surface area contributed by atoms with E-state index in [9.17, 15) is 20.4 Å². The first-order chi connectivity index (χ1) is 11.9. The van der Waals surface area contributed by atoms with Gasteiger partial charge in [-0.15, -0.1) is 0 Å². The molecule has 1 atom stereocenters. The number of rotatable bonds is 7. The molecule has 0 spiro atoms. The average molecular weight is 414 g/mol. The zero-order valence-electron chi connectivity index (χ0n) is 14.9. The lowest BCUT2D eigenvalue weighted by Gasteiger charge is -2.52. The molecule has 0 aliphatic heterocycles. The molecule has 0 fully saturated rings. The Morgan fingerprint density at radius 2 is 1.19 bits per heavy atom. The zero-order chi connectivity index (χ0) is 20.6. The molecule has 0 saturated carbocycles. The van der Waals surface area contributed by atoms with Crippen molar-refractivity contribution in [1.29, 1.82) is 0 Å². The molecule has 0 aliphatic carbocycles. The maximum atomic E-state index is 11.2. The number of hydrogen-bond acceptors (Lipinski definition) is 9. The quantitative estimate of drug-likeness (QED) is 0.292. The Bertz CT molecular complexity index is 489. The van der Waals surface area contributed by atoms with Crippen molar-refractivity contribution >= 4 is 17.2 Å². The second-order valence-corrected chi connectivity index (χ2v) is 8.33. The molecule has 0 aromatic heterocycles. The second-order valence-electron chi connectivity index (χ2n) is 6.67. The molecule has 1 aromatic rings. The van der Waals surface area contributed by atoms with Gasteiger partial charge in [-0.25, -0.2) is 4.31 Å². The fraction of sp³-hybridized carbons (Fsp3) is 0.600. The van der Waals surface area contributed by atoms with Crippen molar-refractivity contribution < 1.29 is 44.3 Å². The Morgan fingerprint density at radius 3 is 1.42 bits per heavy atom. The predicted molar refractivity (Wildman–Crippen MR) is 97.3 cm³/mol. The molecule has 0 radical (unpaired) electrons. The monoisotopic (exact) mass is 414 g/mol. The van der Waals surface area contributed by atoms with Crippen LogP contribution in [0.15, 0.2) is 30.3 Å². The van der Waals surface area contributed by atoms with Crippen LogP contribution in [0.3, 0.4) is 0 Å². The molecule has 8 N–H and O–H groups in total. The van der Waals surface area contributed by atoms with Gasteiger partial charge in [0.25, 0.3) is 0 Å². The van der Waals surface area contributed by atoms with Crippen molar-refractivity contribution in [3.05, 3.63) is 35.9 Å². The normalized spacial score (nSPS) is 14.8. The molecule has 0 saturated heterocycles. The van der Waals surface area contributed by atoms with E-state index < -0.39 is 53.5 Å². The lowest BCUT2D eigenvalue weighted by Crippen LogP contribution is -2.59. The SMILES string of the molecule is CC(C)(C)C(O)(c1ccccc1)C(CO)(CO)CO.OP(O)OP(O)O. The average Bonchev–Trinajstić information content (AvgIpc) is 2.55. The summed E-state index contributed by atoms with van der Waals surface area (Å²) >= 11 is 0. The van der Waals surface area contributed by atoms with Crippen LogP contribution in [-0.4, -0.2) is 59.8 Å². The van der Waals surface area contributed by atoms with E-state index in [1.807, 2.05) is 26.8 Å². The zero-order valence-corrected chi connectivity index (χ0v) is 16.7. The van der Waals surface area contributed by atoms with Gasteiger partial charge in [0, 0.05) is 0 Å². The van der Waals surface area contributed by atoms with Gasteiger partial charge in [0.15, 0.2) is 0 Å². The summed E-state index contributed by atoms with van der Waals surface area (Å²) in [6.07, 6.45) is 0. The highest BCUT2D eigenvalue weighted by atomic mass is 31.2. The summed E-state index contributed by atoms with van der Waals surface area (Å²) in [5.74, 6) is 0. The Kier molecular flexibility index (Phi) is 10.8. The second kappa shape index (κ2) is 10.9. The van der Waals surface area contributed by atoms with Crippen molar-refractivity contribution in [3.63, 3.8) is 0 Å². The third kappa shape index (κ3) is 6.12. The smallest absolute Gasteiger partial charge is 0.334 e. The van der Waals surface area contributed by atoms with Gasteiger partial charge in [-0.1, -0.05) is 51.1 Å². The van der Waals surface area contributed by atoms with Gasteiger partial charge in [0.05, 0.1) is 25.2 Å². The van der Waals surface area contributed by atoms with Crippen molar-refractivity contribution in [1.82, 2.24) is 0 Å². The standard InChI is InChI=1S/C15H24O4.H4O5P2/c1-13(2,3)15(19,12-7-5-4-6-8-12)14(9-16,10-17)11-18;1-6(2)5-7(3)4/h4-8,16-19H,9-11H2,1-3H3;1-4H. The van der Waals surface area contributed by atoms with Crippen LogP contribution in [0.2, 0.25) is 0 Å². The van der Waals surface area contributed by atoms with Crippen LogP contribution in [0.1, 0.15) is 26.3 Å². The van der Waals surface area contributed by atoms with Crippen molar-refractivity contribution in [2.24, 2.45) is 10.8 Å². The minimum atomic E-state index is -2.61. The summed E-state index contributed by atoms with van der Waals surface area (Å²) in [5.41, 5.74) is -3.08. The fourth-order valence-electron chi connectivity index (χ4n) is 2.77. The molecular formula is C15H28O9P2. The minimum absolute atomic E-state index is 0.511. The molecule has 9 nitrogen and oxygen atoms in total. The molecule has 152 valence electrons. The molecule has 11 heteroatoms. The van der Waals surface area contributed by atoms with E-state index in [1.165, 1.54) is 0 Å². The predicted octanol–water partition coefficient (Wildman–Crippen LogP) is 0.310. The van der Waals surface area contributed by atoms with Gasteiger partial charge >= 0.3 is 17.2 Å². The molecule has 0 amide bonds. The third-order valence-electron chi connectivity index (χ3n) is 4.10. The van der Waals surface area contributed by atoms with Gasteiger partial charge < -0.3 is 40.0 Å². The summed E-state index contributed by atoms with van der Waals surface area (Å²) in [7, 11) is -5.22. The number of hydrogen-bond donors (Lipinski definition) is 8. The van der Waals surface area contributed by atoms with E-state index in [0.717, 1.165) is 0 Å². The van der Waals surface area contributed by atoms with E-state index in [0.29, 0.717) is 5.56 Å². The van der Waals surface area contributed by atoms with Crippen molar-refractivity contribution in [2.45, 2.75) is 26.4 Å². The maximum Gasteiger partial charge on any atom is 0.334 e. The summed E-state index contributed by atoms with van der Waals surface area (Å²) < 4.78 is 3.60. The fourth-order valence-corrected chi connectivity index (χ4v) is 3.30. The highest BCUT2D eigenvalue weighted by molar-refractivity contribution is 7.53. The van der Waals surface area contributed by atoms with Crippen LogP contribution in [0, 0.1) is 10.8 Å². The van der Waals surface area contributed by atoms with Crippen LogP contribution in [0.25, 0.3) is 0 Å². The maximum absolute atomic E-state index is 11.2. The Labute approximate surface area is 155 Å². The van der Waals surface area contributed by atoms with Gasteiger partial charge in [-0.05, 0) is 11.0 Å². The van der Waals surface area contributed by atoms with Gasteiger partial charge in [0.1, 0.15) is 5.60 Å². The number of aliphatic hydroxyl groups is 4. The third-order valence-corrected chi connectivity index (χ3v) is 5.27. The molecular weight excluding hydrogens is 386 g/mol. The van der Waals surface area contributed by atoms with Crippen LogP contribution in [0.4, 0.5) is 0 Å². The highest BCUT2D eigenvalue weighted by Crippen LogP contribution is 2.51. The largest absolute Gasteiger partial charge is 0.395 e. The van der Waals surface area contributed by atoms with Crippen LogP contribution >= 0.6 is 17.2 Å². The van der Waals surface area contributed by atoms with Crippen molar-refractivity contribution in [3.8, 4) is 0 Å². The van der Waals surface area contributed by atoms with Gasteiger partial charge in [-0.3, -0.25) is 0 Å². The van der Waals surface area contributed by atoms with E-state index >= 15 is 0 Å². The summed E-state index contributed by atoms with van der Waals surface area (Å²) in [6.45, 7) is 3.91. The summed E-state index contributed by atoms with van der Waals surface area (Å²) in [5, 5.41) is 40.2. The number of benzene rings is 1. The Balaban J connectivity index is 0.000000758. The molecule has 26 heavy (non-hydrogen) atoms. The Hall–Kier alpha value is -0.280. The van der Waals surface area contributed by atoms with Crippen LogP contribution < -0.4 is 0 Å². The molecule has 1 aromatic carbocycles. The summed E-state index contributed by atoms with van der Waals surface area (Å²) in [6, 6.07) is 8.86. The van der Waals surface area contributed by atoms with E-state index in [-0.39, 0.29) is 0 Å². The minimum Gasteiger partial charge on any atom is -0.395 e. The molecule has 0 bridgehead atoms. The first-order valence-corrected chi connectivity index (χ1v) is 9.89. The van der Waals surface area contributed by atoms with Gasteiger partial charge in [-0.2, -0.15) is 0 Å². The van der Waals surface area contributed by atoms with Crippen LogP contribution in [0.5, 0.6) is 0 Å². The highest BCUT2D eigenvalue weighted by Gasteiger charge is 2.57. The lowest BCUT2D eigenvalue weighted by molar-refractivity contribution is -0.211. The van der Waals surface area contributed by atoms with E-state index in [1.54, 1.807) is 24.3 Å². The van der Waals surface area contributed by atoms with E-state index in [4.69, 9.17) is 19.6 Å². The van der Waals surface area contributed by atoms with E-state index in [2.05, 4.69) is 4.31 Å². The molecule has 1 unspecified atom stereocenters.